The van der Waals surface area contributed by atoms with Gasteiger partial charge in [0.2, 0.25) is 0 Å². The van der Waals surface area contributed by atoms with E-state index in [1.165, 1.54) is 79.8 Å². The quantitative estimate of drug-likeness (QED) is 0.153. The highest BCUT2D eigenvalue weighted by Gasteiger charge is 2.55. The number of hydrogen-bond donors (Lipinski definition) is 0. The van der Waals surface area contributed by atoms with E-state index in [-0.39, 0.29) is 26.1 Å². The Morgan fingerprint density at radius 2 is 1.40 bits per heavy atom. The van der Waals surface area contributed by atoms with Crippen LogP contribution in [0, 0.1) is 13.6 Å². The van der Waals surface area contributed by atoms with Gasteiger partial charge < -0.3 is 0 Å². The van der Waals surface area contributed by atoms with E-state index < -0.39 is 0 Å². The monoisotopic (exact) mass is 748 g/mol. The maximum atomic E-state index is 5.26. The zero-order chi connectivity index (χ0) is 32.6. The second kappa shape index (κ2) is 9.86. The topological polar surface area (TPSA) is 17.3 Å². The smallest absolute Gasteiger partial charge is 0.147 e. The third-order valence-corrected chi connectivity index (χ3v) is 14.3. The summed E-state index contributed by atoms with van der Waals surface area (Å²) in [5.41, 5.74) is 16.8. The molecule has 3 aliphatic carbocycles. The van der Waals surface area contributed by atoms with Gasteiger partial charge in [0.1, 0.15) is 5.65 Å². The molecule has 1 atom stereocenters. The van der Waals surface area contributed by atoms with Gasteiger partial charge in [-0.1, -0.05) is 142 Å². The summed E-state index contributed by atoms with van der Waals surface area (Å²) in [6, 6.07) is 52.2. The number of allylic oxidation sites excluding steroid dienone is 4. The molecule has 12 rings (SSSR count). The summed E-state index contributed by atoms with van der Waals surface area (Å²) < 4.78 is 6.42. The number of aromatic nitrogens is 2. The minimum atomic E-state index is -0.284. The summed E-state index contributed by atoms with van der Waals surface area (Å²) in [7, 11) is 0. The molecule has 0 N–H and O–H groups in total. The van der Waals surface area contributed by atoms with E-state index in [2.05, 4.69) is 160 Å². The van der Waals surface area contributed by atoms with Gasteiger partial charge in [-0.25, -0.2) is 4.98 Å². The van der Waals surface area contributed by atoms with Crippen LogP contribution in [0.2, 0.25) is 0 Å². The summed E-state index contributed by atoms with van der Waals surface area (Å²) in [5.74, 6) is 0.355. The molecule has 0 bridgehead atoms. The predicted octanol–water partition coefficient (Wildman–Crippen LogP) is 10.7. The van der Waals surface area contributed by atoms with Crippen molar-refractivity contribution in [3.05, 3.63) is 204 Å². The molecule has 1 aliphatic heterocycles. The number of fused-ring (bicyclic) bond motifs is 19. The van der Waals surface area contributed by atoms with Gasteiger partial charge in [0, 0.05) is 24.9 Å². The number of para-hydroxylation sites is 2. The third-order valence-electron chi connectivity index (χ3n) is 11.7. The molecule has 2 nitrogen and oxygen atoms in total. The van der Waals surface area contributed by atoms with Crippen LogP contribution in [0.5, 0.6) is 0 Å². The number of pyridine rings is 1. The number of hydrogen-bond acceptors (Lipinski definition) is 1. The van der Waals surface area contributed by atoms with Crippen LogP contribution >= 0.6 is 20.7 Å². The molecule has 0 saturated carbocycles. The summed E-state index contributed by atoms with van der Waals surface area (Å²) in [4.78, 5) is 5.26. The zero-order valence-corrected chi connectivity index (χ0v) is 29.2. The first-order valence-electron chi connectivity index (χ1n) is 17.4. The first-order chi connectivity index (χ1) is 24.8. The van der Waals surface area contributed by atoms with Crippen LogP contribution in [0.3, 0.4) is 0 Å². The Kier molecular flexibility index (Phi) is 5.41. The van der Waals surface area contributed by atoms with E-state index in [1.54, 1.807) is 0 Å². The third kappa shape index (κ3) is 3.34. The van der Waals surface area contributed by atoms with Crippen LogP contribution in [-0.4, -0.2) is 9.38 Å². The molecule has 50 heavy (non-hydrogen) atoms. The van der Waals surface area contributed by atoms with Gasteiger partial charge in [-0.15, -0.1) is 0 Å². The molecule has 0 saturated heterocycles. The van der Waals surface area contributed by atoms with E-state index in [9.17, 15) is 0 Å². The molecule has 1 spiro atoms. The fourth-order valence-electron chi connectivity index (χ4n) is 9.77. The molecule has 4 aliphatic rings. The van der Waals surface area contributed by atoms with Crippen molar-refractivity contribution in [2.45, 2.75) is 17.8 Å². The molecule has 8 aromatic rings. The zero-order valence-electron chi connectivity index (χ0n) is 27.1. The van der Waals surface area contributed by atoms with Crippen molar-refractivity contribution < 1.29 is 0 Å². The maximum Gasteiger partial charge on any atom is 0.147 e. The second-order valence-corrected chi connectivity index (χ2v) is 16.4. The Morgan fingerprint density at radius 3 is 2.26 bits per heavy atom. The molecule has 3 heteroatoms. The molecule has 1 unspecified atom stereocenters. The molecule has 6 aromatic carbocycles. The van der Waals surface area contributed by atoms with Crippen molar-refractivity contribution >= 4 is 58.0 Å². The summed E-state index contributed by atoms with van der Waals surface area (Å²) in [5, 5.41) is 5.27. The minimum absolute atomic E-state index is 0.259. The second-order valence-electron chi connectivity index (χ2n) is 14.0. The van der Waals surface area contributed by atoms with Crippen molar-refractivity contribution in [3.8, 4) is 11.1 Å². The van der Waals surface area contributed by atoms with Crippen molar-refractivity contribution in [1.82, 2.24) is 9.38 Å². The number of halogens is 1. The lowest BCUT2D eigenvalue weighted by molar-refractivity contribution is 0.709. The van der Waals surface area contributed by atoms with Gasteiger partial charge in [-0.05, 0) is 96.1 Å². The molecule has 0 radical (unpaired) electrons. The van der Waals surface area contributed by atoms with Crippen LogP contribution in [0.25, 0.3) is 48.4 Å². The number of imidazole rings is 1. The highest BCUT2D eigenvalue weighted by atomic mass is 127. The molecule has 0 fully saturated rings. The summed E-state index contributed by atoms with van der Waals surface area (Å²) in [6.45, 7) is 0. The Hall–Kier alpha value is -5.39. The van der Waals surface area contributed by atoms with Gasteiger partial charge >= 0.3 is 0 Å². The van der Waals surface area contributed by atoms with Crippen LogP contribution in [0.15, 0.2) is 157 Å². The van der Waals surface area contributed by atoms with Crippen molar-refractivity contribution in [3.63, 3.8) is 0 Å². The van der Waals surface area contributed by atoms with Crippen LogP contribution < -0.4 is 5.22 Å². The number of rotatable bonds is 1. The van der Waals surface area contributed by atoms with Gasteiger partial charge in [0.15, 0.2) is 0 Å². The fraction of sp³-hybridized carbons (Fsp3) is 0.0638. The van der Waals surface area contributed by atoms with E-state index in [0.29, 0.717) is 5.92 Å². The Labute approximate surface area is 298 Å². The SMILES string of the molecule is C1=C(c2ccc3c(c2)c2c(c4nc5ccccc5n43)=c3ccccc3=IC=2)C=C2C(C1)c1ccccc1C21c2ccccc2-c2ccccc21. The maximum absolute atomic E-state index is 5.26. The minimum Gasteiger partial charge on any atom is -0.292 e. The Bertz CT molecular complexity index is 3100. The first kappa shape index (κ1) is 27.4. The molecule has 3 heterocycles. The van der Waals surface area contributed by atoms with Gasteiger partial charge in [-0.2, -0.15) is 0 Å². The van der Waals surface area contributed by atoms with Crippen molar-refractivity contribution in [2.24, 2.45) is 0 Å². The molecular formula is C47H29IN2. The lowest BCUT2D eigenvalue weighted by Gasteiger charge is -2.33. The lowest BCUT2D eigenvalue weighted by atomic mass is 9.68. The fourth-order valence-corrected chi connectivity index (χ4v) is 12.3. The summed E-state index contributed by atoms with van der Waals surface area (Å²) in [6.07, 6.45) is 6.07. The lowest BCUT2D eigenvalue weighted by Crippen LogP contribution is -2.27. The average Bonchev–Trinajstić information content (AvgIpc) is 3.82. The van der Waals surface area contributed by atoms with Gasteiger partial charge in [-0.3, -0.25) is 4.40 Å². The van der Waals surface area contributed by atoms with Crippen LogP contribution in [0.4, 0.5) is 0 Å². The standard InChI is InChI=1S/C47H29IN2/c1-5-15-37-30(11-1)31-12-2-6-16-38(31)47(37)39-17-7-3-13-32(39)33-23-21-29(26-40(33)47)28-22-24-43-35(25-28)36-27-48-41-18-8-4-14-34(41)45(36)46-49-42-19-9-10-20-44(42)50(43)46/h1-22,24-27,33H,23H2. The first-order valence-corrected chi connectivity index (χ1v) is 19.8. The highest BCUT2D eigenvalue weighted by Crippen LogP contribution is 2.65. The molecule has 0 amide bonds. The van der Waals surface area contributed by atoms with Crippen molar-refractivity contribution in [2.75, 3.05) is 0 Å². The van der Waals surface area contributed by atoms with E-state index in [4.69, 9.17) is 4.98 Å². The largest absolute Gasteiger partial charge is 0.292 e. The van der Waals surface area contributed by atoms with Crippen LogP contribution in [-0.2, 0) is 5.41 Å². The molecule has 234 valence electrons. The number of benzene rings is 6. The Balaban J connectivity index is 1.15. The van der Waals surface area contributed by atoms with E-state index >= 15 is 0 Å². The highest BCUT2D eigenvalue weighted by molar-refractivity contribution is 14.2. The van der Waals surface area contributed by atoms with E-state index in [1.807, 2.05) is 0 Å². The van der Waals surface area contributed by atoms with Crippen LogP contribution in [0.1, 0.15) is 40.2 Å². The average molecular weight is 749 g/mol. The van der Waals surface area contributed by atoms with Crippen molar-refractivity contribution in [1.29, 1.82) is 0 Å². The summed E-state index contributed by atoms with van der Waals surface area (Å²) >= 11 is -0.259. The molecule has 2 aromatic heterocycles. The normalized spacial score (nSPS) is 17.4. The van der Waals surface area contributed by atoms with E-state index in [0.717, 1.165) is 23.1 Å². The predicted molar refractivity (Wildman–Crippen MR) is 213 cm³/mol. The molecular weight excluding hydrogens is 719 g/mol. The Morgan fingerprint density at radius 1 is 0.680 bits per heavy atom. The number of nitrogens with zero attached hydrogens (tertiary/aromatic N) is 2. The van der Waals surface area contributed by atoms with Gasteiger partial charge in [0.05, 0.1) is 22.0 Å². The van der Waals surface area contributed by atoms with Gasteiger partial charge in [0.25, 0.3) is 0 Å².